The van der Waals surface area contributed by atoms with Crippen molar-refractivity contribution >= 4 is 23.6 Å². The quantitative estimate of drug-likeness (QED) is 0.347. The molecule has 2 aromatic carbocycles. The zero-order valence-electron chi connectivity index (χ0n) is 21.8. The minimum Gasteiger partial charge on any atom is -0.497 e. The fourth-order valence-corrected chi connectivity index (χ4v) is 4.03. The van der Waals surface area contributed by atoms with Gasteiger partial charge >= 0.3 is 12.0 Å². The number of carbonyl (C=O) groups excluding carboxylic acids is 3. The van der Waals surface area contributed by atoms with Gasteiger partial charge in [0.1, 0.15) is 18.1 Å². The molecule has 0 saturated carbocycles. The molecule has 2 N–H and O–H groups in total. The largest absolute Gasteiger partial charge is 0.497 e. The molecule has 1 aliphatic rings. The van der Waals surface area contributed by atoms with E-state index in [1.54, 1.807) is 54.3 Å². The zero-order valence-corrected chi connectivity index (χ0v) is 21.8. The predicted molar refractivity (Wildman–Crippen MR) is 138 cm³/mol. The van der Waals surface area contributed by atoms with Gasteiger partial charge in [-0.25, -0.2) is 9.59 Å². The van der Waals surface area contributed by atoms with Crippen molar-refractivity contribution in [3.05, 3.63) is 64.9 Å². The molecule has 2 aromatic rings. The van der Waals surface area contributed by atoms with Gasteiger partial charge in [0.25, 0.3) is 5.91 Å². The number of anilines is 1. The molecule has 1 atom stereocenters. The lowest BCUT2D eigenvalue weighted by molar-refractivity contribution is -0.140. The fourth-order valence-electron chi connectivity index (χ4n) is 4.03. The highest BCUT2D eigenvalue weighted by atomic mass is 16.6. The van der Waals surface area contributed by atoms with Crippen LogP contribution in [0, 0.1) is 0 Å². The van der Waals surface area contributed by atoms with E-state index in [-0.39, 0.29) is 25.2 Å². The second kappa shape index (κ2) is 12.8. The van der Waals surface area contributed by atoms with Crippen molar-refractivity contribution in [3.8, 4) is 11.5 Å². The van der Waals surface area contributed by atoms with Gasteiger partial charge in [-0.2, -0.15) is 0 Å². The van der Waals surface area contributed by atoms with Crippen LogP contribution in [-0.2, 0) is 14.3 Å². The highest BCUT2D eigenvalue weighted by Crippen LogP contribution is 2.32. The number of amides is 3. The smallest absolute Gasteiger partial charge is 0.338 e. The van der Waals surface area contributed by atoms with Crippen molar-refractivity contribution in [2.45, 2.75) is 26.3 Å². The molecule has 3 rings (SSSR count). The van der Waals surface area contributed by atoms with Crippen LogP contribution in [-0.4, -0.2) is 63.9 Å². The number of hydrogen-bond acceptors (Lipinski definition) is 7. The summed E-state index contributed by atoms with van der Waals surface area (Å²) in [5, 5.41) is 5.75. The molecule has 0 aliphatic carbocycles. The lowest BCUT2D eigenvalue weighted by Gasteiger charge is -2.35. The molecule has 10 nitrogen and oxygen atoms in total. The molecule has 0 radical (unpaired) electrons. The topological polar surface area (TPSA) is 115 Å². The Hall–Kier alpha value is -4.05. The second-order valence-corrected chi connectivity index (χ2v) is 8.30. The summed E-state index contributed by atoms with van der Waals surface area (Å²) in [4.78, 5) is 40.2. The van der Waals surface area contributed by atoms with Gasteiger partial charge < -0.3 is 29.6 Å². The predicted octanol–water partition coefficient (Wildman–Crippen LogP) is 3.90. The third kappa shape index (κ3) is 6.39. The molecule has 0 spiro atoms. The van der Waals surface area contributed by atoms with E-state index in [9.17, 15) is 14.4 Å². The summed E-state index contributed by atoms with van der Waals surface area (Å²) in [5.74, 6) is 0.0770. The molecule has 3 amide bonds. The number of nitrogens with one attached hydrogen (secondary N) is 2. The number of carbonyl (C=O) groups is 3. The highest BCUT2D eigenvalue weighted by Gasteiger charge is 2.36. The minimum atomic E-state index is -0.706. The second-order valence-electron chi connectivity index (χ2n) is 8.30. The normalized spacial score (nSPS) is 15.2. The average Bonchev–Trinajstić information content (AvgIpc) is 2.90. The van der Waals surface area contributed by atoms with Crippen LogP contribution in [0.4, 0.5) is 10.5 Å². The van der Waals surface area contributed by atoms with E-state index >= 15 is 0 Å². The first kappa shape index (κ1) is 27.5. The maximum Gasteiger partial charge on any atom is 0.338 e. The Morgan fingerprint density at radius 2 is 1.76 bits per heavy atom. The Morgan fingerprint density at radius 1 is 1.03 bits per heavy atom. The Labute approximate surface area is 216 Å². The van der Waals surface area contributed by atoms with Gasteiger partial charge in [-0.05, 0) is 43.2 Å². The Morgan fingerprint density at radius 3 is 2.38 bits per heavy atom. The van der Waals surface area contributed by atoms with Crippen molar-refractivity contribution in [1.82, 2.24) is 10.2 Å². The van der Waals surface area contributed by atoms with E-state index < -0.39 is 12.0 Å². The minimum absolute atomic E-state index is 0.0976. The first-order valence-electron chi connectivity index (χ1n) is 11.9. The lowest BCUT2D eigenvalue weighted by atomic mass is 9.94. The summed E-state index contributed by atoms with van der Waals surface area (Å²) in [7, 11) is 4.54. The Balaban J connectivity index is 1.85. The SMILES string of the molecule is CCCN1C(=O)N[C@H](c2ccc(NC(=O)c3ccc(OC)cc3OC)cc2)C(C(=O)OCCOC)=C1C. The Kier molecular flexibility index (Phi) is 9.51. The van der Waals surface area contributed by atoms with Crippen LogP contribution >= 0.6 is 0 Å². The lowest BCUT2D eigenvalue weighted by Crippen LogP contribution is -2.48. The molecule has 0 bridgehead atoms. The van der Waals surface area contributed by atoms with E-state index in [0.29, 0.717) is 46.1 Å². The third-order valence-electron chi connectivity index (χ3n) is 5.94. The van der Waals surface area contributed by atoms with Gasteiger partial charge in [0, 0.05) is 31.1 Å². The molecule has 0 fully saturated rings. The molecule has 0 unspecified atom stereocenters. The van der Waals surface area contributed by atoms with Gasteiger partial charge in [0.15, 0.2) is 0 Å². The number of methoxy groups -OCH3 is 3. The summed E-state index contributed by atoms with van der Waals surface area (Å²) in [6.07, 6.45) is 0.731. The van der Waals surface area contributed by atoms with Crippen molar-refractivity contribution in [2.75, 3.05) is 46.4 Å². The fraction of sp³-hybridized carbons (Fsp3) is 0.370. The number of nitrogens with zero attached hydrogens (tertiary/aromatic N) is 1. The van der Waals surface area contributed by atoms with Crippen LogP contribution in [0.2, 0.25) is 0 Å². The summed E-state index contributed by atoms with van der Waals surface area (Å²) in [6.45, 7) is 4.53. The van der Waals surface area contributed by atoms with E-state index in [2.05, 4.69) is 10.6 Å². The summed E-state index contributed by atoms with van der Waals surface area (Å²) in [5.41, 5.74) is 2.45. The molecule has 0 aromatic heterocycles. The zero-order chi connectivity index (χ0) is 26.9. The Bertz CT molecular complexity index is 1160. The standard InChI is InChI=1S/C27H33N3O7/c1-6-13-30-17(2)23(26(32)37-15-14-34-3)24(29-27(30)33)18-7-9-19(10-8-18)28-25(31)21-12-11-20(35-4)16-22(21)36-5/h7-12,16,24H,6,13-15H2,1-5H3,(H,28,31)(H,29,33)/t24-/m1/s1. The van der Waals surface area contributed by atoms with Gasteiger partial charge in [-0.1, -0.05) is 19.1 Å². The van der Waals surface area contributed by atoms with Gasteiger partial charge in [0.05, 0.1) is 38.0 Å². The van der Waals surface area contributed by atoms with Gasteiger partial charge in [-0.3, -0.25) is 9.69 Å². The van der Waals surface area contributed by atoms with Crippen LogP contribution in [0.1, 0.15) is 42.2 Å². The van der Waals surface area contributed by atoms with Crippen molar-refractivity contribution in [2.24, 2.45) is 0 Å². The van der Waals surface area contributed by atoms with Gasteiger partial charge in [0.2, 0.25) is 0 Å². The summed E-state index contributed by atoms with van der Waals surface area (Å²) >= 11 is 0. The maximum atomic E-state index is 13.0. The summed E-state index contributed by atoms with van der Waals surface area (Å²) < 4.78 is 20.9. The highest BCUT2D eigenvalue weighted by molar-refractivity contribution is 6.06. The maximum absolute atomic E-state index is 13.0. The molecule has 37 heavy (non-hydrogen) atoms. The molecule has 0 saturated heterocycles. The van der Waals surface area contributed by atoms with Gasteiger partial charge in [-0.15, -0.1) is 0 Å². The van der Waals surface area contributed by atoms with Crippen molar-refractivity contribution in [3.63, 3.8) is 0 Å². The van der Waals surface area contributed by atoms with E-state index in [1.165, 1.54) is 21.3 Å². The number of esters is 1. The molecule has 1 aliphatic heterocycles. The number of allylic oxidation sites excluding steroid dienone is 1. The van der Waals surface area contributed by atoms with Crippen LogP contribution in [0.15, 0.2) is 53.7 Å². The third-order valence-corrected chi connectivity index (χ3v) is 5.94. The molecular weight excluding hydrogens is 478 g/mol. The number of rotatable bonds is 11. The van der Waals surface area contributed by atoms with Crippen LogP contribution in [0.3, 0.4) is 0 Å². The van der Waals surface area contributed by atoms with Crippen LogP contribution in [0.25, 0.3) is 0 Å². The first-order valence-corrected chi connectivity index (χ1v) is 11.9. The monoisotopic (exact) mass is 511 g/mol. The molecule has 1 heterocycles. The van der Waals surface area contributed by atoms with Crippen LogP contribution in [0.5, 0.6) is 11.5 Å². The van der Waals surface area contributed by atoms with E-state index in [1.807, 2.05) is 6.92 Å². The first-order chi connectivity index (χ1) is 17.8. The van der Waals surface area contributed by atoms with Crippen molar-refractivity contribution in [1.29, 1.82) is 0 Å². The van der Waals surface area contributed by atoms with Crippen molar-refractivity contribution < 1.29 is 33.3 Å². The van der Waals surface area contributed by atoms with Crippen LogP contribution < -0.4 is 20.1 Å². The number of urea groups is 1. The summed E-state index contributed by atoms with van der Waals surface area (Å²) in [6, 6.07) is 10.8. The molecule has 198 valence electrons. The number of ether oxygens (including phenoxy) is 4. The number of hydrogen-bond donors (Lipinski definition) is 2. The molecular formula is C27H33N3O7. The average molecular weight is 512 g/mol. The molecule has 10 heteroatoms. The van der Waals surface area contributed by atoms with E-state index in [4.69, 9.17) is 18.9 Å². The van der Waals surface area contributed by atoms with E-state index in [0.717, 1.165) is 6.42 Å². The number of benzene rings is 2.